The molecule has 0 aliphatic carbocycles. The fourth-order valence-electron chi connectivity index (χ4n) is 0.942. The fourth-order valence-corrected chi connectivity index (χ4v) is 1.43. The summed E-state index contributed by atoms with van der Waals surface area (Å²) >= 11 is 7.69. The first-order chi connectivity index (χ1) is 7.72. The molecule has 0 bridgehead atoms. The topological polar surface area (TPSA) is 25.8 Å². The van der Waals surface area contributed by atoms with Gasteiger partial charge in [0.1, 0.15) is 0 Å². The van der Waals surface area contributed by atoms with Gasteiger partial charge >= 0.3 is 0 Å². The Kier molecular flexibility index (Phi) is 6.33. The molecule has 0 amide bonds. The number of alkyl halides is 1. The standard InChI is InChI=1S/C7H8.C5H4ClIN2/c1-7-5-3-2-4-6-7;6-5-8-2-4(1-7)3-9-5/h2-6H,1H3;2-3H,1H2. The normalized spacial score (nSPS) is 9.19. The van der Waals surface area contributed by atoms with Gasteiger partial charge in [0.15, 0.2) is 0 Å². The van der Waals surface area contributed by atoms with Gasteiger partial charge in [-0.2, -0.15) is 0 Å². The van der Waals surface area contributed by atoms with Crippen LogP contribution >= 0.6 is 34.2 Å². The molecule has 0 unspecified atom stereocenters. The van der Waals surface area contributed by atoms with Crippen molar-refractivity contribution >= 4 is 34.2 Å². The predicted molar refractivity (Wildman–Crippen MR) is 75.9 cm³/mol. The molecule has 16 heavy (non-hydrogen) atoms. The van der Waals surface area contributed by atoms with Crippen molar-refractivity contribution in [2.45, 2.75) is 11.4 Å². The Morgan fingerprint density at radius 1 is 1.12 bits per heavy atom. The average Bonchev–Trinajstić information content (AvgIpc) is 2.32. The summed E-state index contributed by atoms with van der Waals surface area (Å²) in [6.45, 7) is 2.08. The molecule has 4 heteroatoms. The van der Waals surface area contributed by atoms with Crippen molar-refractivity contribution in [3.63, 3.8) is 0 Å². The van der Waals surface area contributed by atoms with Crippen LogP contribution in [0.25, 0.3) is 0 Å². The summed E-state index contributed by atoms with van der Waals surface area (Å²) in [5, 5.41) is 0.309. The third-order valence-electron chi connectivity index (χ3n) is 1.77. The van der Waals surface area contributed by atoms with Gasteiger partial charge in [0.2, 0.25) is 5.28 Å². The first-order valence-electron chi connectivity index (χ1n) is 4.76. The molecule has 2 rings (SSSR count). The van der Waals surface area contributed by atoms with E-state index in [9.17, 15) is 0 Å². The number of benzene rings is 1. The molecule has 0 saturated carbocycles. The Balaban J connectivity index is 0.000000165. The second-order valence-electron chi connectivity index (χ2n) is 3.15. The van der Waals surface area contributed by atoms with Crippen LogP contribution in [-0.2, 0) is 4.43 Å². The second kappa shape index (κ2) is 7.57. The molecule has 1 aromatic carbocycles. The first-order valence-corrected chi connectivity index (χ1v) is 6.66. The molecule has 0 saturated heterocycles. The minimum atomic E-state index is 0.309. The fraction of sp³-hybridized carbons (Fsp3) is 0.167. The third kappa shape index (κ3) is 5.42. The molecule has 2 nitrogen and oxygen atoms in total. The van der Waals surface area contributed by atoms with Gasteiger partial charge in [-0.3, -0.25) is 0 Å². The quantitative estimate of drug-likeness (QED) is 0.442. The minimum Gasteiger partial charge on any atom is -0.226 e. The number of rotatable bonds is 1. The largest absolute Gasteiger partial charge is 0.226 e. The van der Waals surface area contributed by atoms with E-state index in [1.54, 1.807) is 12.4 Å². The summed E-state index contributed by atoms with van der Waals surface area (Å²) in [5.74, 6) is 0. The van der Waals surface area contributed by atoms with Gasteiger partial charge in [-0.25, -0.2) is 9.97 Å². The Labute approximate surface area is 114 Å². The number of halogens is 2. The molecule has 2 aromatic rings. The van der Waals surface area contributed by atoms with Crippen molar-refractivity contribution in [1.82, 2.24) is 9.97 Å². The second-order valence-corrected chi connectivity index (χ2v) is 4.25. The van der Waals surface area contributed by atoms with E-state index in [-0.39, 0.29) is 0 Å². The zero-order valence-corrected chi connectivity index (χ0v) is 11.8. The number of nitrogens with zero attached hydrogens (tertiary/aromatic N) is 2. The summed E-state index contributed by atoms with van der Waals surface area (Å²) in [6.07, 6.45) is 3.45. The smallest absolute Gasteiger partial charge is 0.222 e. The van der Waals surface area contributed by atoms with E-state index in [0.717, 1.165) is 9.99 Å². The highest BCUT2D eigenvalue weighted by Gasteiger charge is 1.90. The van der Waals surface area contributed by atoms with Gasteiger partial charge in [0.25, 0.3) is 0 Å². The van der Waals surface area contributed by atoms with Crippen molar-refractivity contribution in [3.05, 3.63) is 59.1 Å². The summed E-state index contributed by atoms with van der Waals surface area (Å²) in [6, 6.07) is 10.3. The molecule has 0 aliphatic heterocycles. The minimum absolute atomic E-state index is 0.309. The predicted octanol–water partition coefficient (Wildman–Crippen LogP) is 4.06. The van der Waals surface area contributed by atoms with Crippen molar-refractivity contribution in [1.29, 1.82) is 0 Å². The lowest BCUT2D eigenvalue weighted by atomic mass is 10.2. The highest BCUT2D eigenvalue weighted by atomic mass is 127. The molecule has 0 spiro atoms. The maximum atomic E-state index is 5.44. The molecule has 0 radical (unpaired) electrons. The van der Waals surface area contributed by atoms with Crippen LogP contribution in [0, 0.1) is 6.92 Å². The van der Waals surface area contributed by atoms with E-state index in [4.69, 9.17) is 11.6 Å². The Morgan fingerprint density at radius 2 is 1.69 bits per heavy atom. The molecule has 0 aliphatic rings. The number of aromatic nitrogens is 2. The lowest BCUT2D eigenvalue weighted by Crippen LogP contribution is -1.83. The Hall–Kier alpha value is -0.680. The van der Waals surface area contributed by atoms with Crippen LogP contribution < -0.4 is 0 Å². The highest BCUT2D eigenvalue weighted by molar-refractivity contribution is 14.1. The molecule has 0 fully saturated rings. The van der Waals surface area contributed by atoms with Crippen molar-refractivity contribution < 1.29 is 0 Å². The van der Waals surface area contributed by atoms with Crippen molar-refractivity contribution in [2.75, 3.05) is 0 Å². The van der Waals surface area contributed by atoms with Crippen LogP contribution in [0.5, 0.6) is 0 Å². The lowest BCUT2D eigenvalue weighted by molar-refractivity contribution is 1.13. The highest BCUT2D eigenvalue weighted by Crippen LogP contribution is 2.04. The van der Waals surface area contributed by atoms with Crippen LogP contribution in [-0.4, -0.2) is 9.97 Å². The van der Waals surface area contributed by atoms with Gasteiger partial charge < -0.3 is 0 Å². The maximum absolute atomic E-state index is 5.44. The molecule has 0 N–H and O–H groups in total. The van der Waals surface area contributed by atoms with Gasteiger partial charge in [0, 0.05) is 16.8 Å². The summed E-state index contributed by atoms with van der Waals surface area (Å²) in [5.41, 5.74) is 2.42. The number of hydrogen-bond donors (Lipinski definition) is 0. The third-order valence-corrected chi connectivity index (χ3v) is 2.84. The van der Waals surface area contributed by atoms with Gasteiger partial charge in [-0.05, 0) is 24.1 Å². The molecule has 1 aromatic heterocycles. The Morgan fingerprint density at radius 3 is 2.06 bits per heavy atom. The van der Waals surface area contributed by atoms with Gasteiger partial charge in [-0.15, -0.1) is 0 Å². The van der Waals surface area contributed by atoms with Crippen LogP contribution in [0.3, 0.4) is 0 Å². The first kappa shape index (κ1) is 13.4. The number of aryl methyl sites for hydroxylation is 1. The van der Waals surface area contributed by atoms with Gasteiger partial charge in [-0.1, -0.05) is 58.5 Å². The van der Waals surface area contributed by atoms with E-state index < -0.39 is 0 Å². The zero-order valence-electron chi connectivity index (χ0n) is 8.90. The summed E-state index contributed by atoms with van der Waals surface area (Å²) in [7, 11) is 0. The maximum Gasteiger partial charge on any atom is 0.222 e. The van der Waals surface area contributed by atoms with Crippen molar-refractivity contribution in [3.8, 4) is 0 Å². The van der Waals surface area contributed by atoms with Crippen molar-refractivity contribution in [2.24, 2.45) is 0 Å². The van der Waals surface area contributed by atoms with Crippen LogP contribution in [0.1, 0.15) is 11.1 Å². The number of hydrogen-bond acceptors (Lipinski definition) is 2. The summed E-state index contributed by atoms with van der Waals surface area (Å²) < 4.78 is 0.926. The van der Waals surface area contributed by atoms with E-state index in [0.29, 0.717) is 5.28 Å². The average molecular weight is 347 g/mol. The van der Waals surface area contributed by atoms with E-state index >= 15 is 0 Å². The molecule has 0 atom stereocenters. The molecular weight excluding hydrogens is 335 g/mol. The Bertz CT molecular complexity index is 403. The van der Waals surface area contributed by atoms with Crippen LogP contribution in [0.4, 0.5) is 0 Å². The molecule has 1 heterocycles. The van der Waals surface area contributed by atoms with Crippen LogP contribution in [0.2, 0.25) is 5.28 Å². The molecule has 84 valence electrons. The zero-order chi connectivity index (χ0) is 11.8. The monoisotopic (exact) mass is 346 g/mol. The van der Waals surface area contributed by atoms with Crippen LogP contribution in [0.15, 0.2) is 42.7 Å². The summed E-state index contributed by atoms with van der Waals surface area (Å²) in [4.78, 5) is 7.60. The van der Waals surface area contributed by atoms with E-state index in [1.807, 2.05) is 18.2 Å². The SMILES string of the molecule is Cc1ccccc1.Clc1ncc(CI)cn1. The van der Waals surface area contributed by atoms with E-state index in [2.05, 4.69) is 51.6 Å². The van der Waals surface area contributed by atoms with Gasteiger partial charge in [0.05, 0.1) is 0 Å². The lowest BCUT2D eigenvalue weighted by Gasteiger charge is -1.90. The van der Waals surface area contributed by atoms with E-state index in [1.165, 1.54) is 5.56 Å². The molecular formula is C12H12ClIN2.